The Morgan fingerprint density at radius 3 is 1.35 bits per heavy atom. The number of nitrogens with two attached hydrogens (primary N) is 4. The number of benzene rings is 3. The normalized spacial score (nSPS) is 8.35. The zero-order valence-corrected chi connectivity index (χ0v) is 15.6. The van der Waals surface area contributed by atoms with Gasteiger partial charge < -0.3 is 28.0 Å². The van der Waals surface area contributed by atoms with E-state index in [0.717, 1.165) is 16.9 Å². The Hall–Kier alpha value is -3.25. The topological polar surface area (TPSA) is 124 Å². The second-order valence-corrected chi connectivity index (χ2v) is 5.48. The molecule has 138 valence electrons. The lowest BCUT2D eigenvalue weighted by Gasteiger charge is -1.93. The predicted molar refractivity (Wildman–Crippen MR) is 116 cm³/mol. The summed E-state index contributed by atoms with van der Waals surface area (Å²) in [7, 11) is 0. The van der Waals surface area contributed by atoms with Crippen molar-refractivity contribution < 1.29 is 5.11 Å². The number of thiocarbonyl (C=S) groups is 1. The number of phenolic OH excluding ortho intramolecular Hbond substituents is 1. The fourth-order valence-electron chi connectivity index (χ4n) is 1.47. The summed E-state index contributed by atoms with van der Waals surface area (Å²) < 4.78 is 0. The SMILES string of the molecule is Cc1ccccc1N.NC(N)=S.Nc1ccccc1.Oc1ccccc1. The van der Waals surface area contributed by atoms with Gasteiger partial charge in [-0.25, -0.2) is 0 Å². The van der Waals surface area contributed by atoms with Gasteiger partial charge in [0, 0.05) is 11.4 Å². The molecule has 0 aliphatic carbocycles. The van der Waals surface area contributed by atoms with Crippen LogP contribution in [0.5, 0.6) is 5.75 Å². The minimum Gasteiger partial charge on any atom is -0.508 e. The largest absolute Gasteiger partial charge is 0.508 e. The summed E-state index contributed by atoms with van der Waals surface area (Å²) >= 11 is 4.09. The van der Waals surface area contributed by atoms with Crippen LogP contribution in [-0.2, 0) is 0 Å². The minimum atomic E-state index is 0.000000000000000222. The Morgan fingerprint density at radius 2 is 1.12 bits per heavy atom. The van der Waals surface area contributed by atoms with E-state index >= 15 is 0 Å². The highest BCUT2D eigenvalue weighted by atomic mass is 32.1. The summed E-state index contributed by atoms with van der Waals surface area (Å²) in [6.07, 6.45) is 0. The number of anilines is 2. The average molecular weight is 371 g/mol. The highest BCUT2D eigenvalue weighted by Gasteiger charge is 1.84. The van der Waals surface area contributed by atoms with Crippen LogP contribution in [0.25, 0.3) is 0 Å². The van der Waals surface area contributed by atoms with E-state index in [4.69, 9.17) is 16.6 Å². The molecular formula is C20H26N4OS. The summed E-state index contributed by atoms with van der Waals surface area (Å²) in [4.78, 5) is 0. The molecule has 0 atom stereocenters. The first kappa shape index (κ1) is 22.8. The Balaban J connectivity index is 0.000000329. The average Bonchev–Trinajstić information content (AvgIpc) is 2.60. The molecule has 3 aromatic carbocycles. The third-order valence-electron chi connectivity index (χ3n) is 2.74. The van der Waals surface area contributed by atoms with Gasteiger partial charge in [-0.2, -0.15) is 0 Å². The van der Waals surface area contributed by atoms with Crippen LogP contribution in [0.4, 0.5) is 11.4 Å². The third kappa shape index (κ3) is 14.3. The first-order valence-electron chi connectivity index (χ1n) is 7.73. The second kappa shape index (κ2) is 14.1. The zero-order chi connectivity index (χ0) is 19.8. The molecule has 3 rings (SSSR count). The van der Waals surface area contributed by atoms with E-state index in [1.807, 2.05) is 67.6 Å². The molecule has 0 saturated carbocycles. The number of hydrogen-bond acceptors (Lipinski definition) is 4. The van der Waals surface area contributed by atoms with Crippen molar-refractivity contribution >= 4 is 28.7 Å². The summed E-state index contributed by atoms with van der Waals surface area (Å²) in [5.41, 5.74) is 23.0. The van der Waals surface area contributed by atoms with Gasteiger partial charge in [0.25, 0.3) is 0 Å². The first-order valence-corrected chi connectivity index (χ1v) is 8.14. The van der Waals surface area contributed by atoms with E-state index in [-0.39, 0.29) is 5.11 Å². The second-order valence-electron chi connectivity index (χ2n) is 5.01. The van der Waals surface area contributed by atoms with Crippen LogP contribution in [0.15, 0.2) is 84.9 Å². The minimum absolute atomic E-state index is 0.000000000000000222. The van der Waals surface area contributed by atoms with Crippen LogP contribution in [0, 0.1) is 6.92 Å². The molecule has 9 N–H and O–H groups in total. The monoisotopic (exact) mass is 370 g/mol. The lowest BCUT2D eigenvalue weighted by molar-refractivity contribution is 0.475. The van der Waals surface area contributed by atoms with Crippen molar-refractivity contribution in [2.24, 2.45) is 11.5 Å². The fraction of sp³-hybridized carbons (Fsp3) is 0.0500. The van der Waals surface area contributed by atoms with Crippen molar-refractivity contribution in [1.29, 1.82) is 0 Å². The molecule has 0 spiro atoms. The molecule has 0 radical (unpaired) electrons. The molecule has 0 bridgehead atoms. The highest BCUT2D eigenvalue weighted by Crippen LogP contribution is 2.06. The van der Waals surface area contributed by atoms with E-state index < -0.39 is 0 Å². The molecule has 5 nitrogen and oxygen atoms in total. The van der Waals surface area contributed by atoms with Crippen LogP contribution < -0.4 is 22.9 Å². The molecule has 0 heterocycles. The van der Waals surface area contributed by atoms with Crippen molar-refractivity contribution in [2.75, 3.05) is 11.5 Å². The molecular weight excluding hydrogens is 344 g/mol. The van der Waals surface area contributed by atoms with Gasteiger partial charge in [-0.1, -0.05) is 54.6 Å². The van der Waals surface area contributed by atoms with Gasteiger partial charge in [0.05, 0.1) is 0 Å². The molecule has 0 unspecified atom stereocenters. The number of aromatic hydroxyl groups is 1. The lowest BCUT2D eigenvalue weighted by atomic mass is 10.2. The highest BCUT2D eigenvalue weighted by molar-refractivity contribution is 7.80. The van der Waals surface area contributed by atoms with Crippen LogP contribution in [-0.4, -0.2) is 10.2 Å². The van der Waals surface area contributed by atoms with Crippen molar-refractivity contribution in [2.45, 2.75) is 6.92 Å². The quantitative estimate of drug-likeness (QED) is 0.305. The predicted octanol–water partition coefficient (Wildman–Crippen LogP) is 3.43. The third-order valence-corrected chi connectivity index (χ3v) is 2.74. The van der Waals surface area contributed by atoms with Gasteiger partial charge in [0.2, 0.25) is 0 Å². The van der Waals surface area contributed by atoms with Crippen LogP contribution in [0.3, 0.4) is 0 Å². The van der Waals surface area contributed by atoms with E-state index in [2.05, 4.69) is 23.7 Å². The van der Waals surface area contributed by atoms with Gasteiger partial charge in [-0.05, 0) is 55.0 Å². The number of phenols is 1. The molecule has 0 saturated heterocycles. The maximum atomic E-state index is 8.63. The molecule has 0 aromatic heterocycles. The van der Waals surface area contributed by atoms with E-state index in [1.54, 1.807) is 24.3 Å². The number of para-hydroxylation sites is 3. The van der Waals surface area contributed by atoms with E-state index in [0.29, 0.717) is 5.75 Å². The summed E-state index contributed by atoms with van der Waals surface area (Å²) in [5.74, 6) is 0.322. The molecule has 3 aromatic rings. The molecule has 0 fully saturated rings. The number of rotatable bonds is 0. The first-order chi connectivity index (χ1) is 12.3. The van der Waals surface area contributed by atoms with Crippen molar-refractivity contribution in [1.82, 2.24) is 0 Å². The van der Waals surface area contributed by atoms with Gasteiger partial charge in [-0.3, -0.25) is 0 Å². The Labute approximate surface area is 160 Å². The molecule has 0 aliphatic rings. The summed E-state index contributed by atoms with van der Waals surface area (Å²) in [5, 5.41) is 8.63. The molecule has 0 amide bonds. The molecule has 0 aliphatic heterocycles. The molecule has 6 heteroatoms. The maximum absolute atomic E-state index is 8.63. The van der Waals surface area contributed by atoms with E-state index in [9.17, 15) is 0 Å². The zero-order valence-electron chi connectivity index (χ0n) is 14.7. The maximum Gasteiger partial charge on any atom is 0.160 e. The standard InChI is InChI=1S/C7H9N.C6H7N.C6H6O.CH4N2S/c1-6-4-2-3-5-7(6)8;2*7-6-4-2-1-3-5-6;2-1(3)4/h2-5H,8H2,1H3;1-5H,7H2;1-5,7H;(H4,2,3,4). The Kier molecular flexibility index (Phi) is 12.4. The summed E-state index contributed by atoms with van der Waals surface area (Å²) in [6.45, 7) is 2.00. The Bertz CT molecular complexity index is 675. The van der Waals surface area contributed by atoms with E-state index in [1.165, 1.54) is 0 Å². The smallest absolute Gasteiger partial charge is 0.160 e. The van der Waals surface area contributed by atoms with Gasteiger partial charge >= 0.3 is 0 Å². The lowest BCUT2D eigenvalue weighted by Crippen LogP contribution is -2.18. The number of hydrogen-bond donors (Lipinski definition) is 5. The van der Waals surface area contributed by atoms with Gasteiger partial charge in [-0.15, -0.1) is 0 Å². The van der Waals surface area contributed by atoms with Crippen LogP contribution in [0.1, 0.15) is 5.56 Å². The number of aryl methyl sites for hydroxylation is 1. The van der Waals surface area contributed by atoms with Gasteiger partial charge in [0.1, 0.15) is 5.75 Å². The van der Waals surface area contributed by atoms with Crippen LogP contribution >= 0.6 is 12.2 Å². The van der Waals surface area contributed by atoms with Crippen molar-refractivity contribution in [3.05, 3.63) is 90.5 Å². The van der Waals surface area contributed by atoms with Gasteiger partial charge in [0.15, 0.2) is 5.11 Å². The summed E-state index contributed by atoms with van der Waals surface area (Å²) in [6, 6.07) is 26.0. The Morgan fingerprint density at radius 1 is 0.731 bits per heavy atom. The molecule has 26 heavy (non-hydrogen) atoms. The fourth-order valence-corrected chi connectivity index (χ4v) is 1.47. The van der Waals surface area contributed by atoms with Crippen LogP contribution in [0.2, 0.25) is 0 Å². The van der Waals surface area contributed by atoms with Crippen molar-refractivity contribution in [3.8, 4) is 5.75 Å². The number of nitrogen functional groups attached to an aromatic ring is 2. The van der Waals surface area contributed by atoms with Crippen molar-refractivity contribution in [3.63, 3.8) is 0 Å².